The minimum Gasteiger partial charge on any atom is -0.468 e. The number of benzene rings is 1. The molecule has 1 aromatic carbocycles. The third-order valence-electron chi connectivity index (χ3n) is 4.32. The number of nitrogens with one attached hydrogen (secondary N) is 1. The van der Waals surface area contributed by atoms with Crippen LogP contribution >= 0.6 is 11.6 Å². The summed E-state index contributed by atoms with van der Waals surface area (Å²) in [6, 6.07) is 6.47. The van der Waals surface area contributed by atoms with Gasteiger partial charge in [-0.15, -0.1) is 0 Å². The second kappa shape index (κ2) is 7.25. The summed E-state index contributed by atoms with van der Waals surface area (Å²) < 4.78 is 6.45. The van der Waals surface area contributed by atoms with Crippen LogP contribution in [0.4, 0.5) is 0 Å². The van der Waals surface area contributed by atoms with Gasteiger partial charge in [-0.3, -0.25) is 14.5 Å². The van der Waals surface area contributed by atoms with Crippen molar-refractivity contribution in [1.82, 2.24) is 20.0 Å². The van der Waals surface area contributed by atoms with Crippen LogP contribution in [-0.2, 0) is 9.53 Å². The average molecular weight is 363 g/mol. The molecule has 3 rings (SSSR count). The zero-order valence-corrected chi connectivity index (χ0v) is 14.7. The van der Waals surface area contributed by atoms with Crippen LogP contribution in [0, 0.1) is 0 Å². The SMILES string of the molecule is COC(=O)C1CC(NC(=O)c2cc(-n3cccn3)ccc2Cl)CN1C. The van der Waals surface area contributed by atoms with Crippen molar-refractivity contribution in [2.45, 2.75) is 18.5 Å². The Bertz CT molecular complexity index is 778. The van der Waals surface area contributed by atoms with E-state index >= 15 is 0 Å². The summed E-state index contributed by atoms with van der Waals surface area (Å²) in [6.07, 6.45) is 3.96. The van der Waals surface area contributed by atoms with Crippen LogP contribution in [-0.4, -0.2) is 59.3 Å². The molecule has 1 amide bonds. The van der Waals surface area contributed by atoms with E-state index in [1.54, 1.807) is 41.3 Å². The minimum absolute atomic E-state index is 0.147. The maximum atomic E-state index is 12.6. The molecule has 1 aliphatic heterocycles. The van der Waals surface area contributed by atoms with Gasteiger partial charge in [-0.05, 0) is 37.7 Å². The molecule has 1 saturated heterocycles. The van der Waals surface area contributed by atoms with E-state index in [9.17, 15) is 9.59 Å². The molecule has 25 heavy (non-hydrogen) atoms. The molecule has 7 nitrogen and oxygen atoms in total. The highest BCUT2D eigenvalue weighted by Crippen LogP contribution is 2.22. The smallest absolute Gasteiger partial charge is 0.323 e. The molecule has 8 heteroatoms. The van der Waals surface area contributed by atoms with Crippen LogP contribution in [0.2, 0.25) is 5.02 Å². The number of esters is 1. The molecule has 132 valence electrons. The monoisotopic (exact) mass is 362 g/mol. The second-order valence-electron chi connectivity index (χ2n) is 6.00. The normalized spacial score (nSPS) is 20.4. The van der Waals surface area contributed by atoms with Crippen LogP contribution in [0.3, 0.4) is 0 Å². The number of hydrogen-bond acceptors (Lipinski definition) is 5. The summed E-state index contributed by atoms with van der Waals surface area (Å²) in [5.74, 6) is -0.569. The fourth-order valence-electron chi connectivity index (χ4n) is 3.03. The number of aromatic nitrogens is 2. The first-order valence-electron chi connectivity index (χ1n) is 7.88. The van der Waals surface area contributed by atoms with Gasteiger partial charge in [0.1, 0.15) is 6.04 Å². The van der Waals surface area contributed by atoms with Gasteiger partial charge in [-0.2, -0.15) is 5.10 Å². The fourth-order valence-corrected chi connectivity index (χ4v) is 3.23. The molecule has 1 aliphatic rings. The number of hydrogen-bond donors (Lipinski definition) is 1. The molecule has 1 fully saturated rings. The van der Waals surface area contributed by atoms with Crippen molar-refractivity contribution in [3.8, 4) is 5.69 Å². The Hall–Kier alpha value is -2.38. The van der Waals surface area contributed by atoms with Crippen LogP contribution in [0.25, 0.3) is 5.69 Å². The van der Waals surface area contributed by atoms with Gasteiger partial charge in [0.25, 0.3) is 5.91 Å². The van der Waals surface area contributed by atoms with E-state index < -0.39 is 0 Å². The Morgan fingerprint density at radius 3 is 2.88 bits per heavy atom. The first kappa shape index (κ1) is 17.4. The van der Waals surface area contributed by atoms with Crippen molar-refractivity contribution >= 4 is 23.5 Å². The van der Waals surface area contributed by atoms with Gasteiger partial charge in [0.15, 0.2) is 0 Å². The Balaban J connectivity index is 1.74. The molecule has 0 radical (unpaired) electrons. The van der Waals surface area contributed by atoms with Crippen molar-refractivity contribution in [3.05, 3.63) is 47.2 Å². The standard InChI is InChI=1S/C17H19ClN4O3/c1-21-10-11(8-15(21)17(24)25-2)20-16(23)13-9-12(4-5-14(13)18)22-7-3-6-19-22/h3-7,9,11,15H,8,10H2,1-2H3,(H,20,23). The third-order valence-corrected chi connectivity index (χ3v) is 4.65. The van der Waals surface area contributed by atoms with Crippen LogP contribution < -0.4 is 5.32 Å². The van der Waals surface area contributed by atoms with Crippen molar-refractivity contribution < 1.29 is 14.3 Å². The number of rotatable bonds is 4. The van der Waals surface area contributed by atoms with Crippen molar-refractivity contribution in [3.63, 3.8) is 0 Å². The van der Waals surface area contributed by atoms with Gasteiger partial charge in [0, 0.05) is 25.0 Å². The molecule has 0 spiro atoms. The summed E-state index contributed by atoms with van der Waals surface area (Å²) in [6.45, 7) is 0.571. The van der Waals surface area contributed by atoms with Gasteiger partial charge in [0.2, 0.25) is 0 Å². The van der Waals surface area contributed by atoms with Crippen molar-refractivity contribution in [1.29, 1.82) is 0 Å². The molecular formula is C17H19ClN4O3. The lowest BCUT2D eigenvalue weighted by Crippen LogP contribution is -2.36. The van der Waals surface area contributed by atoms with E-state index in [2.05, 4.69) is 10.4 Å². The maximum absolute atomic E-state index is 12.6. The number of ether oxygens (including phenoxy) is 1. The van der Waals surface area contributed by atoms with E-state index in [0.717, 1.165) is 5.69 Å². The predicted molar refractivity (Wildman–Crippen MR) is 92.9 cm³/mol. The quantitative estimate of drug-likeness (QED) is 0.834. The van der Waals surface area contributed by atoms with Crippen LogP contribution in [0.5, 0.6) is 0 Å². The largest absolute Gasteiger partial charge is 0.468 e. The first-order chi connectivity index (χ1) is 12.0. The number of amides is 1. The fraction of sp³-hybridized carbons (Fsp3) is 0.353. The second-order valence-corrected chi connectivity index (χ2v) is 6.41. The highest BCUT2D eigenvalue weighted by atomic mass is 35.5. The average Bonchev–Trinajstić information content (AvgIpc) is 3.24. The van der Waals surface area contributed by atoms with Gasteiger partial charge in [0.05, 0.1) is 23.4 Å². The summed E-state index contributed by atoms with van der Waals surface area (Å²) in [5, 5.41) is 7.46. The highest BCUT2D eigenvalue weighted by molar-refractivity contribution is 6.33. The zero-order valence-electron chi connectivity index (χ0n) is 14.0. The number of likely N-dealkylation sites (N-methyl/N-ethyl adjacent to an activating group) is 1. The molecule has 2 unspecified atom stereocenters. The van der Waals surface area contributed by atoms with Gasteiger partial charge in [-0.25, -0.2) is 4.68 Å². The topological polar surface area (TPSA) is 76.5 Å². The molecule has 2 atom stereocenters. The molecule has 0 bridgehead atoms. The number of methoxy groups -OCH3 is 1. The lowest BCUT2D eigenvalue weighted by molar-refractivity contribution is -0.145. The molecule has 2 aromatic rings. The Kier molecular flexibility index (Phi) is 5.06. The van der Waals surface area contributed by atoms with Gasteiger partial charge < -0.3 is 10.1 Å². The van der Waals surface area contributed by atoms with E-state index in [1.807, 2.05) is 11.9 Å². The number of carbonyl (C=O) groups excluding carboxylic acids is 2. The summed E-state index contributed by atoms with van der Waals surface area (Å²) >= 11 is 6.19. The number of halogens is 1. The van der Waals surface area contributed by atoms with Crippen LogP contribution in [0.1, 0.15) is 16.8 Å². The van der Waals surface area contributed by atoms with Gasteiger partial charge >= 0.3 is 5.97 Å². The molecule has 0 saturated carbocycles. The Labute approximate surface area is 150 Å². The van der Waals surface area contributed by atoms with E-state index in [-0.39, 0.29) is 24.0 Å². The number of likely N-dealkylation sites (tertiary alicyclic amines) is 1. The Morgan fingerprint density at radius 2 is 2.20 bits per heavy atom. The first-order valence-corrected chi connectivity index (χ1v) is 8.26. The summed E-state index contributed by atoms with van der Waals surface area (Å²) in [7, 11) is 3.20. The summed E-state index contributed by atoms with van der Waals surface area (Å²) in [5.41, 5.74) is 1.12. The third kappa shape index (κ3) is 3.67. The van der Waals surface area contributed by atoms with Crippen molar-refractivity contribution in [2.24, 2.45) is 0 Å². The van der Waals surface area contributed by atoms with Gasteiger partial charge in [-0.1, -0.05) is 11.6 Å². The predicted octanol–water partition coefficient (Wildman–Crippen LogP) is 1.50. The maximum Gasteiger partial charge on any atom is 0.323 e. The summed E-state index contributed by atoms with van der Waals surface area (Å²) in [4.78, 5) is 26.3. The molecular weight excluding hydrogens is 344 g/mol. The van der Waals surface area contributed by atoms with E-state index in [0.29, 0.717) is 23.6 Å². The minimum atomic E-state index is -0.346. The number of carbonyl (C=O) groups is 2. The lowest BCUT2D eigenvalue weighted by Gasteiger charge is -2.15. The molecule has 0 aliphatic carbocycles. The van der Waals surface area contributed by atoms with E-state index in [4.69, 9.17) is 16.3 Å². The molecule has 2 heterocycles. The zero-order chi connectivity index (χ0) is 18.0. The van der Waals surface area contributed by atoms with Crippen LogP contribution in [0.15, 0.2) is 36.7 Å². The highest BCUT2D eigenvalue weighted by Gasteiger charge is 2.36. The lowest BCUT2D eigenvalue weighted by atomic mass is 10.1. The number of nitrogens with zero attached hydrogens (tertiary/aromatic N) is 3. The molecule has 1 aromatic heterocycles. The molecule has 1 N–H and O–H groups in total. The Morgan fingerprint density at radius 1 is 1.40 bits per heavy atom. The van der Waals surface area contributed by atoms with Crippen molar-refractivity contribution in [2.75, 3.05) is 20.7 Å². The van der Waals surface area contributed by atoms with E-state index in [1.165, 1.54) is 7.11 Å².